The van der Waals surface area contributed by atoms with Crippen molar-refractivity contribution in [3.05, 3.63) is 105 Å². The van der Waals surface area contributed by atoms with Gasteiger partial charge < -0.3 is 20.5 Å². The highest BCUT2D eigenvalue weighted by Crippen LogP contribution is 2.46. The number of hydrogen-bond acceptors (Lipinski definition) is 9. The number of carbonyl (C=O) groups excluding carboxylic acids is 1. The maximum Gasteiger partial charge on any atom is 0.417 e. The standard InChI is InChI=1S/C31H24F4N8O4/c1-30(46,29(45)39-18-6-3-16(12-36)21(11-18)31(33,34)35)13-47-19-7-4-15(5-8-19)25-24(27-37-14-38-43(27)2)26-23-20(28(44)42-41-26)9-17(32)10-22(23)40-25/h3-11,14,24-25,40,46H,13H2,1-2H3,(H,39,45)(H,42,44)/t24-,25-,30?/m1/s1. The Bertz CT molecular complexity index is 2120. The average Bonchev–Trinajstić information content (AvgIpc) is 3.46. The predicted octanol–water partition coefficient (Wildman–Crippen LogP) is 4.15. The van der Waals surface area contributed by atoms with Gasteiger partial charge in [-0.2, -0.15) is 28.6 Å². The molecule has 1 amide bonds. The van der Waals surface area contributed by atoms with Crippen molar-refractivity contribution in [2.75, 3.05) is 17.2 Å². The van der Waals surface area contributed by atoms with Crippen LogP contribution in [0.25, 0.3) is 10.8 Å². The summed E-state index contributed by atoms with van der Waals surface area (Å²) >= 11 is 0. The molecule has 1 aliphatic heterocycles. The molecular formula is C31H24F4N8O4. The molecule has 240 valence electrons. The Morgan fingerprint density at radius 2 is 1.91 bits per heavy atom. The fourth-order valence-corrected chi connectivity index (χ4v) is 5.45. The number of rotatable bonds is 7. The van der Waals surface area contributed by atoms with Gasteiger partial charge in [0, 0.05) is 23.8 Å². The number of H-pyrrole nitrogens is 1. The third kappa shape index (κ3) is 5.84. The maximum atomic E-state index is 14.5. The molecule has 0 spiro atoms. The Morgan fingerprint density at radius 1 is 1.17 bits per heavy atom. The van der Waals surface area contributed by atoms with Gasteiger partial charge in [0.2, 0.25) is 0 Å². The summed E-state index contributed by atoms with van der Waals surface area (Å²) in [7, 11) is 1.71. The number of amides is 1. The molecule has 4 N–H and O–H groups in total. The number of halogens is 4. The second kappa shape index (κ2) is 11.5. The summed E-state index contributed by atoms with van der Waals surface area (Å²) in [5.74, 6) is -1.45. The molecule has 0 saturated carbocycles. The number of nitriles is 1. The van der Waals surface area contributed by atoms with Crippen LogP contribution in [0.3, 0.4) is 0 Å². The van der Waals surface area contributed by atoms with Gasteiger partial charge in [-0.25, -0.2) is 14.5 Å². The number of carbonyl (C=O) groups is 1. The van der Waals surface area contributed by atoms with Crippen LogP contribution in [0.4, 0.5) is 28.9 Å². The van der Waals surface area contributed by atoms with Crippen LogP contribution in [-0.2, 0) is 18.0 Å². The second-order valence-electron chi connectivity index (χ2n) is 11.1. The number of aliphatic hydroxyl groups is 1. The van der Waals surface area contributed by atoms with Crippen molar-refractivity contribution in [3.8, 4) is 11.8 Å². The molecule has 5 aromatic rings. The third-order valence-electron chi connectivity index (χ3n) is 7.80. The van der Waals surface area contributed by atoms with Crippen molar-refractivity contribution >= 4 is 28.1 Å². The zero-order valence-corrected chi connectivity index (χ0v) is 24.6. The second-order valence-corrected chi connectivity index (χ2v) is 11.1. The molecule has 3 aromatic carbocycles. The van der Waals surface area contributed by atoms with Crippen LogP contribution in [0, 0.1) is 17.1 Å². The van der Waals surface area contributed by atoms with E-state index < -0.39 is 58.8 Å². The highest BCUT2D eigenvalue weighted by atomic mass is 19.4. The largest absolute Gasteiger partial charge is 0.490 e. The highest BCUT2D eigenvalue weighted by molar-refractivity contribution is 5.98. The normalized spacial score (nSPS) is 17.0. The fourth-order valence-electron chi connectivity index (χ4n) is 5.45. The number of aromatic nitrogens is 5. The average molecular weight is 649 g/mol. The van der Waals surface area contributed by atoms with Gasteiger partial charge in [-0.3, -0.25) is 14.3 Å². The van der Waals surface area contributed by atoms with Crippen LogP contribution < -0.4 is 20.9 Å². The minimum atomic E-state index is -4.83. The summed E-state index contributed by atoms with van der Waals surface area (Å²) in [5.41, 5.74) is -3.30. The van der Waals surface area contributed by atoms with Gasteiger partial charge in [0.15, 0.2) is 5.60 Å². The van der Waals surface area contributed by atoms with Gasteiger partial charge in [0.05, 0.1) is 40.2 Å². The monoisotopic (exact) mass is 648 g/mol. The molecule has 0 saturated heterocycles. The molecule has 47 heavy (non-hydrogen) atoms. The molecule has 0 aliphatic carbocycles. The summed E-state index contributed by atoms with van der Waals surface area (Å²) in [6.45, 7) is 0.576. The van der Waals surface area contributed by atoms with Crippen molar-refractivity contribution in [2.45, 2.75) is 30.7 Å². The molecule has 2 aromatic heterocycles. The van der Waals surface area contributed by atoms with E-state index in [4.69, 9.17) is 10.00 Å². The summed E-state index contributed by atoms with van der Waals surface area (Å²) in [6.07, 6.45) is -3.45. The number of aromatic amines is 1. The molecule has 1 unspecified atom stereocenters. The first kappa shape index (κ1) is 31.2. The van der Waals surface area contributed by atoms with E-state index in [-0.39, 0.29) is 16.8 Å². The zero-order valence-electron chi connectivity index (χ0n) is 24.6. The molecule has 16 heteroatoms. The van der Waals surface area contributed by atoms with E-state index in [0.717, 1.165) is 25.1 Å². The topological polar surface area (TPSA) is 171 Å². The van der Waals surface area contributed by atoms with Gasteiger partial charge in [-0.1, -0.05) is 12.1 Å². The predicted molar refractivity (Wildman–Crippen MR) is 159 cm³/mol. The molecule has 12 nitrogen and oxygen atoms in total. The van der Waals surface area contributed by atoms with E-state index in [9.17, 15) is 32.3 Å². The molecule has 3 heterocycles. The van der Waals surface area contributed by atoms with Crippen LogP contribution >= 0.6 is 0 Å². The first-order valence-corrected chi connectivity index (χ1v) is 14.0. The lowest BCUT2D eigenvalue weighted by Crippen LogP contribution is -2.45. The fraction of sp³-hybridized carbons (Fsp3) is 0.226. The number of alkyl halides is 3. The van der Waals surface area contributed by atoms with Crippen LogP contribution in [-0.4, -0.2) is 48.2 Å². The number of aryl methyl sites for hydroxylation is 1. The van der Waals surface area contributed by atoms with Crippen LogP contribution in [0.15, 0.2) is 65.7 Å². The summed E-state index contributed by atoms with van der Waals surface area (Å²) in [5, 5.41) is 36.8. The van der Waals surface area contributed by atoms with Gasteiger partial charge >= 0.3 is 6.18 Å². The van der Waals surface area contributed by atoms with Crippen molar-refractivity contribution in [3.63, 3.8) is 0 Å². The highest BCUT2D eigenvalue weighted by Gasteiger charge is 2.38. The first-order valence-electron chi connectivity index (χ1n) is 14.0. The number of benzene rings is 3. The summed E-state index contributed by atoms with van der Waals surface area (Å²) in [4.78, 5) is 29.7. The lowest BCUT2D eigenvalue weighted by Gasteiger charge is -2.33. The molecule has 0 bridgehead atoms. The van der Waals surface area contributed by atoms with E-state index >= 15 is 0 Å². The van der Waals surface area contributed by atoms with E-state index in [1.807, 2.05) is 0 Å². The van der Waals surface area contributed by atoms with Crippen molar-refractivity contribution in [2.24, 2.45) is 7.05 Å². The Balaban J connectivity index is 1.22. The first-order chi connectivity index (χ1) is 22.3. The smallest absolute Gasteiger partial charge is 0.417 e. The molecule has 3 atom stereocenters. The van der Waals surface area contributed by atoms with Crippen LogP contribution in [0.1, 0.15) is 47.1 Å². The Labute approximate surface area is 262 Å². The molecule has 6 rings (SSSR count). The number of ether oxygens (including phenoxy) is 1. The van der Waals surface area contributed by atoms with Gasteiger partial charge in [0.1, 0.15) is 30.3 Å². The Hall–Kier alpha value is -5.82. The quantitative estimate of drug-likeness (QED) is 0.189. The van der Waals surface area contributed by atoms with Gasteiger partial charge in [-0.15, -0.1) is 0 Å². The lowest BCUT2D eigenvalue weighted by molar-refractivity contribution is -0.138. The van der Waals surface area contributed by atoms with Crippen molar-refractivity contribution < 1.29 is 32.2 Å². The third-order valence-corrected chi connectivity index (χ3v) is 7.80. The van der Waals surface area contributed by atoms with Crippen molar-refractivity contribution in [1.82, 2.24) is 25.0 Å². The Kier molecular flexibility index (Phi) is 7.64. The number of anilines is 2. The van der Waals surface area contributed by atoms with Crippen LogP contribution in [0.5, 0.6) is 5.75 Å². The minimum absolute atomic E-state index is 0.128. The van der Waals surface area contributed by atoms with E-state index in [0.29, 0.717) is 34.2 Å². The lowest BCUT2D eigenvalue weighted by atomic mass is 9.83. The molecule has 0 fully saturated rings. The van der Waals surface area contributed by atoms with Crippen molar-refractivity contribution in [1.29, 1.82) is 5.26 Å². The van der Waals surface area contributed by atoms with E-state index in [1.165, 1.54) is 18.5 Å². The molecular weight excluding hydrogens is 624 g/mol. The molecule has 0 radical (unpaired) electrons. The number of nitrogens with zero attached hydrogens (tertiary/aromatic N) is 5. The number of hydrogen-bond donors (Lipinski definition) is 4. The van der Waals surface area contributed by atoms with E-state index in [1.54, 1.807) is 36.0 Å². The summed E-state index contributed by atoms with van der Waals surface area (Å²) < 4.78 is 61.7. The number of nitrogens with one attached hydrogen (secondary N) is 3. The minimum Gasteiger partial charge on any atom is -0.490 e. The molecule has 1 aliphatic rings. The summed E-state index contributed by atoms with van der Waals surface area (Å²) in [6, 6.07) is 12.5. The Morgan fingerprint density at radius 3 is 2.57 bits per heavy atom. The SMILES string of the molecule is Cn1ncnc1[C@H]1c2n[nH]c(=O)c3cc(F)cc(c23)N[C@@H]1c1ccc(OCC(C)(O)C(=O)Nc2ccc(C#N)c(C(F)(F)F)c2)cc1. The van der Waals surface area contributed by atoms with Crippen LogP contribution in [0.2, 0.25) is 0 Å². The zero-order chi connectivity index (χ0) is 33.7. The van der Waals surface area contributed by atoms with Gasteiger partial charge in [0.25, 0.3) is 11.5 Å². The van der Waals surface area contributed by atoms with Gasteiger partial charge in [-0.05, 0) is 55.0 Å². The maximum absolute atomic E-state index is 14.5. The van der Waals surface area contributed by atoms with E-state index in [2.05, 4.69) is 30.9 Å².